The molecule has 0 bridgehead atoms. The van der Waals surface area contributed by atoms with Gasteiger partial charge in [-0.3, -0.25) is 0 Å². The Hall–Kier alpha value is -1.24. The average Bonchev–Trinajstić information content (AvgIpc) is 3.23. The molecule has 0 aromatic carbocycles. The van der Waals surface area contributed by atoms with Crippen molar-refractivity contribution in [2.75, 3.05) is 13.2 Å². The lowest BCUT2D eigenvalue weighted by molar-refractivity contribution is 0.0211. The van der Waals surface area contributed by atoms with Gasteiger partial charge in [0.1, 0.15) is 6.10 Å². The van der Waals surface area contributed by atoms with Crippen molar-refractivity contribution in [3.05, 3.63) is 33.6 Å². The van der Waals surface area contributed by atoms with E-state index in [0.717, 1.165) is 32.5 Å². The summed E-state index contributed by atoms with van der Waals surface area (Å²) in [6.45, 7) is 3.63. The molecule has 21 heavy (non-hydrogen) atoms. The Kier molecular flexibility index (Phi) is 3.52. The van der Waals surface area contributed by atoms with Gasteiger partial charge in [-0.15, -0.1) is 11.3 Å². The summed E-state index contributed by atoms with van der Waals surface area (Å²) < 4.78 is 17.0. The van der Waals surface area contributed by atoms with Crippen molar-refractivity contribution in [3.8, 4) is 0 Å². The van der Waals surface area contributed by atoms with E-state index in [2.05, 4.69) is 28.5 Å². The lowest BCUT2D eigenvalue weighted by atomic mass is 9.95. The first kappa shape index (κ1) is 13.4. The van der Waals surface area contributed by atoms with Crippen LogP contribution in [0.2, 0.25) is 0 Å². The zero-order valence-corrected chi connectivity index (χ0v) is 12.8. The van der Waals surface area contributed by atoms with Gasteiger partial charge in [-0.05, 0) is 29.9 Å². The molecule has 1 saturated heterocycles. The van der Waals surface area contributed by atoms with Gasteiger partial charge in [-0.1, -0.05) is 12.1 Å². The summed E-state index contributed by atoms with van der Waals surface area (Å²) in [4.78, 5) is 5.96. The SMILES string of the molecule is CC(c1nc(C2CCCO2)no1)C1OCCc2sccc21. The number of hydrogen-bond donors (Lipinski definition) is 0. The van der Waals surface area contributed by atoms with Crippen LogP contribution in [0, 0.1) is 0 Å². The smallest absolute Gasteiger partial charge is 0.232 e. The molecular weight excluding hydrogens is 288 g/mol. The average molecular weight is 306 g/mol. The van der Waals surface area contributed by atoms with Gasteiger partial charge < -0.3 is 14.0 Å². The van der Waals surface area contributed by atoms with Crippen molar-refractivity contribution in [1.82, 2.24) is 10.1 Å². The van der Waals surface area contributed by atoms with E-state index in [-0.39, 0.29) is 18.1 Å². The Bertz CT molecular complexity index is 618. The van der Waals surface area contributed by atoms with Crippen LogP contribution in [0.5, 0.6) is 0 Å². The van der Waals surface area contributed by atoms with Crippen LogP contribution in [0.4, 0.5) is 0 Å². The third kappa shape index (κ3) is 2.41. The van der Waals surface area contributed by atoms with E-state index in [1.165, 1.54) is 10.4 Å². The van der Waals surface area contributed by atoms with Crippen molar-refractivity contribution >= 4 is 11.3 Å². The number of hydrogen-bond acceptors (Lipinski definition) is 6. The van der Waals surface area contributed by atoms with Gasteiger partial charge in [0, 0.05) is 17.9 Å². The van der Waals surface area contributed by atoms with Crippen LogP contribution >= 0.6 is 11.3 Å². The van der Waals surface area contributed by atoms with Crippen molar-refractivity contribution in [3.63, 3.8) is 0 Å². The summed E-state index contributed by atoms with van der Waals surface area (Å²) in [7, 11) is 0. The highest BCUT2D eigenvalue weighted by atomic mass is 32.1. The Balaban J connectivity index is 1.57. The second-order valence-corrected chi connectivity index (χ2v) is 6.62. The summed E-state index contributed by atoms with van der Waals surface area (Å²) in [5, 5.41) is 6.22. The highest BCUT2D eigenvalue weighted by Gasteiger charge is 2.32. The van der Waals surface area contributed by atoms with Gasteiger partial charge in [-0.25, -0.2) is 0 Å². The number of ether oxygens (including phenoxy) is 2. The van der Waals surface area contributed by atoms with E-state index >= 15 is 0 Å². The maximum Gasteiger partial charge on any atom is 0.232 e. The first-order valence-electron chi connectivity index (χ1n) is 7.46. The molecule has 112 valence electrons. The van der Waals surface area contributed by atoms with E-state index in [1.54, 1.807) is 11.3 Å². The van der Waals surface area contributed by atoms with Gasteiger partial charge in [-0.2, -0.15) is 4.98 Å². The minimum absolute atomic E-state index is 0.00122. The largest absolute Gasteiger partial charge is 0.372 e. The number of aromatic nitrogens is 2. The standard InChI is InChI=1S/C15H18N2O3S/c1-9(13-10-5-8-21-12(10)4-7-19-13)15-16-14(17-20-15)11-3-2-6-18-11/h5,8-9,11,13H,2-4,6-7H2,1H3. The molecule has 0 spiro atoms. The van der Waals surface area contributed by atoms with Crippen molar-refractivity contribution in [1.29, 1.82) is 0 Å². The molecule has 2 aromatic heterocycles. The van der Waals surface area contributed by atoms with E-state index in [9.17, 15) is 0 Å². The summed E-state index contributed by atoms with van der Waals surface area (Å²) in [6.07, 6.45) is 3.05. The third-order valence-corrected chi connectivity index (χ3v) is 5.23. The molecule has 3 atom stereocenters. The van der Waals surface area contributed by atoms with Gasteiger partial charge >= 0.3 is 0 Å². The van der Waals surface area contributed by atoms with E-state index in [1.807, 2.05) is 0 Å². The minimum atomic E-state index is -0.00122. The van der Waals surface area contributed by atoms with Crippen LogP contribution in [0.3, 0.4) is 0 Å². The molecule has 2 aliphatic rings. The summed E-state index contributed by atoms with van der Waals surface area (Å²) in [5.74, 6) is 1.38. The van der Waals surface area contributed by atoms with E-state index in [0.29, 0.717) is 11.7 Å². The Morgan fingerprint density at radius 3 is 3.14 bits per heavy atom. The van der Waals surface area contributed by atoms with Crippen LogP contribution < -0.4 is 0 Å². The predicted molar refractivity (Wildman–Crippen MR) is 77.4 cm³/mol. The van der Waals surface area contributed by atoms with E-state index in [4.69, 9.17) is 14.0 Å². The third-order valence-electron chi connectivity index (χ3n) is 4.23. The molecule has 0 N–H and O–H groups in total. The fourth-order valence-electron chi connectivity index (χ4n) is 3.06. The highest BCUT2D eigenvalue weighted by molar-refractivity contribution is 7.10. The van der Waals surface area contributed by atoms with Crippen LogP contribution in [0.15, 0.2) is 16.0 Å². The van der Waals surface area contributed by atoms with Crippen LogP contribution in [-0.4, -0.2) is 23.4 Å². The van der Waals surface area contributed by atoms with E-state index < -0.39 is 0 Å². The zero-order valence-electron chi connectivity index (χ0n) is 11.9. The fourth-order valence-corrected chi connectivity index (χ4v) is 3.96. The predicted octanol–water partition coefficient (Wildman–Crippen LogP) is 3.40. The Labute approximate surface area is 127 Å². The monoisotopic (exact) mass is 306 g/mol. The van der Waals surface area contributed by atoms with Gasteiger partial charge in [0.15, 0.2) is 0 Å². The Morgan fingerprint density at radius 1 is 1.33 bits per heavy atom. The van der Waals surface area contributed by atoms with Crippen LogP contribution in [0.1, 0.15) is 60.0 Å². The molecule has 2 aromatic rings. The number of nitrogens with zero attached hydrogens (tertiary/aromatic N) is 2. The summed E-state index contributed by atoms with van der Waals surface area (Å²) >= 11 is 1.80. The molecule has 5 nitrogen and oxygen atoms in total. The molecule has 0 radical (unpaired) electrons. The lowest BCUT2D eigenvalue weighted by Gasteiger charge is -2.26. The Morgan fingerprint density at radius 2 is 2.29 bits per heavy atom. The number of fused-ring (bicyclic) bond motifs is 1. The first-order chi connectivity index (χ1) is 10.3. The van der Waals surface area contributed by atoms with Gasteiger partial charge in [0.05, 0.1) is 18.6 Å². The lowest BCUT2D eigenvalue weighted by Crippen LogP contribution is -2.19. The molecule has 6 heteroatoms. The second kappa shape index (κ2) is 5.51. The summed E-state index contributed by atoms with van der Waals surface area (Å²) in [5.41, 5.74) is 1.27. The highest BCUT2D eigenvalue weighted by Crippen LogP contribution is 2.40. The molecule has 0 aliphatic carbocycles. The van der Waals surface area contributed by atoms with Crippen molar-refractivity contribution < 1.29 is 14.0 Å². The zero-order chi connectivity index (χ0) is 14.2. The van der Waals surface area contributed by atoms with Gasteiger partial charge in [0.2, 0.25) is 11.7 Å². The van der Waals surface area contributed by atoms with Crippen molar-refractivity contribution in [2.45, 2.75) is 44.3 Å². The molecule has 0 saturated carbocycles. The number of thiophene rings is 1. The number of rotatable bonds is 3. The molecular formula is C15H18N2O3S. The second-order valence-electron chi connectivity index (χ2n) is 5.62. The molecule has 0 amide bonds. The maximum atomic E-state index is 5.96. The molecule has 3 unspecified atom stereocenters. The van der Waals surface area contributed by atoms with Crippen LogP contribution in [-0.2, 0) is 15.9 Å². The maximum absolute atomic E-state index is 5.96. The molecule has 1 fully saturated rings. The van der Waals surface area contributed by atoms with Crippen molar-refractivity contribution in [2.24, 2.45) is 0 Å². The molecule has 4 rings (SSSR count). The molecule has 4 heterocycles. The first-order valence-corrected chi connectivity index (χ1v) is 8.34. The van der Waals surface area contributed by atoms with Crippen LogP contribution in [0.25, 0.3) is 0 Å². The quantitative estimate of drug-likeness (QED) is 0.870. The summed E-state index contributed by atoms with van der Waals surface area (Å²) in [6, 6.07) is 2.15. The fraction of sp³-hybridized carbons (Fsp3) is 0.600. The minimum Gasteiger partial charge on any atom is -0.372 e. The van der Waals surface area contributed by atoms with Gasteiger partial charge in [0.25, 0.3) is 0 Å². The topological polar surface area (TPSA) is 57.4 Å². The normalized spacial score (nSPS) is 26.7. The molecule has 2 aliphatic heterocycles.